The van der Waals surface area contributed by atoms with Crippen LogP contribution < -0.4 is 16.0 Å². The Morgan fingerprint density at radius 2 is 1.58 bits per heavy atom. The van der Waals surface area contributed by atoms with Gasteiger partial charge in [-0.2, -0.15) is 0 Å². The van der Waals surface area contributed by atoms with Crippen molar-refractivity contribution in [3.05, 3.63) is 36.9 Å². The fourth-order valence-electron chi connectivity index (χ4n) is 1.78. The Labute approximate surface area is 142 Å². The van der Waals surface area contributed by atoms with Crippen molar-refractivity contribution in [2.75, 3.05) is 17.2 Å². The first-order valence-corrected chi connectivity index (χ1v) is 9.08. The highest BCUT2D eigenvalue weighted by molar-refractivity contribution is 7.93. The Kier molecular flexibility index (Phi) is 6.97. The zero-order valence-corrected chi connectivity index (χ0v) is 14.8. The lowest BCUT2D eigenvalue weighted by Crippen LogP contribution is -2.36. The van der Waals surface area contributed by atoms with Crippen LogP contribution in [0.4, 0.5) is 16.2 Å². The van der Waals surface area contributed by atoms with Crippen LogP contribution in [-0.2, 0) is 14.6 Å². The van der Waals surface area contributed by atoms with E-state index in [4.69, 9.17) is 0 Å². The van der Waals surface area contributed by atoms with E-state index >= 15 is 0 Å². The third kappa shape index (κ3) is 5.38. The normalized spacial score (nSPS) is 12.3. The quantitative estimate of drug-likeness (QED) is 0.653. The zero-order valence-electron chi connectivity index (χ0n) is 14.0. The smallest absolute Gasteiger partial charge is 0.319 e. The Morgan fingerprint density at radius 3 is 2.04 bits per heavy atom. The second-order valence-corrected chi connectivity index (χ2v) is 8.30. The van der Waals surface area contributed by atoms with Gasteiger partial charge in [-0.25, -0.2) is 13.2 Å². The van der Waals surface area contributed by atoms with Gasteiger partial charge in [0.1, 0.15) is 5.25 Å². The molecule has 8 heteroatoms. The van der Waals surface area contributed by atoms with Crippen molar-refractivity contribution >= 4 is 33.2 Å². The molecule has 1 rings (SSSR count). The lowest BCUT2D eigenvalue weighted by atomic mass is 10.2. The average molecular weight is 353 g/mol. The maximum absolute atomic E-state index is 12.1. The number of hydrogen-bond acceptors (Lipinski definition) is 4. The minimum atomic E-state index is -3.51. The van der Waals surface area contributed by atoms with E-state index in [1.165, 1.54) is 20.8 Å². The van der Waals surface area contributed by atoms with Gasteiger partial charge in [-0.3, -0.25) is 4.79 Å². The van der Waals surface area contributed by atoms with Crippen LogP contribution in [0.25, 0.3) is 0 Å². The molecule has 0 saturated heterocycles. The van der Waals surface area contributed by atoms with Gasteiger partial charge in [-0.1, -0.05) is 6.08 Å². The van der Waals surface area contributed by atoms with Crippen LogP contribution >= 0.6 is 0 Å². The number of sulfone groups is 1. The molecule has 3 N–H and O–H groups in total. The number of amides is 3. The van der Waals surface area contributed by atoms with Crippen molar-refractivity contribution in [2.24, 2.45) is 0 Å². The van der Waals surface area contributed by atoms with Crippen molar-refractivity contribution in [3.8, 4) is 0 Å². The SMILES string of the molecule is C=CCNC(=O)Nc1ccc(NC(=O)C(C)S(=O)(=O)C(C)C)cc1. The van der Waals surface area contributed by atoms with E-state index < -0.39 is 26.2 Å². The molecule has 0 spiro atoms. The Hall–Kier alpha value is -2.35. The molecule has 0 heterocycles. The molecular weight excluding hydrogens is 330 g/mol. The summed E-state index contributed by atoms with van der Waals surface area (Å²) in [6, 6.07) is 5.99. The fraction of sp³-hybridized carbons (Fsp3) is 0.375. The molecule has 3 amide bonds. The molecule has 0 radical (unpaired) electrons. The van der Waals surface area contributed by atoms with Gasteiger partial charge < -0.3 is 16.0 Å². The van der Waals surface area contributed by atoms with E-state index in [0.717, 1.165) is 0 Å². The highest BCUT2D eigenvalue weighted by atomic mass is 32.2. The van der Waals surface area contributed by atoms with Gasteiger partial charge in [0.05, 0.1) is 5.25 Å². The number of nitrogens with one attached hydrogen (secondary N) is 3. The van der Waals surface area contributed by atoms with Crippen LogP contribution in [0.3, 0.4) is 0 Å². The summed E-state index contributed by atoms with van der Waals surface area (Å²) in [4.78, 5) is 23.6. The summed E-state index contributed by atoms with van der Waals surface area (Å²) in [5.74, 6) is -0.590. The molecule has 7 nitrogen and oxygen atoms in total. The summed E-state index contributed by atoms with van der Waals surface area (Å²) in [5, 5.41) is 5.97. The second-order valence-electron chi connectivity index (χ2n) is 5.47. The molecule has 0 aliphatic carbocycles. The fourth-order valence-corrected chi connectivity index (χ4v) is 2.95. The standard InChI is InChI=1S/C16H23N3O4S/c1-5-10-17-16(21)19-14-8-6-13(7-9-14)18-15(20)12(4)24(22,23)11(2)3/h5-9,11-12H,1,10H2,2-4H3,(H,18,20)(H2,17,19,21). The maximum Gasteiger partial charge on any atom is 0.319 e. The lowest BCUT2D eigenvalue weighted by Gasteiger charge is -2.16. The molecule has 0 bridgehead atoms. The number of carbonyl (C=O) groups is 2. The maximum atomic E-state index is 12.1. The van der Waals surface area contributed by atoms with E-state index in [0.29, 0.717) is 17.9 Å². The molecular formula is C16H23N3O4S. The topological polar surface area (TPSA) is 104 Å². The van der Waals surface area contributed by atoms with Crippen LogP contribution in [0.15, 0.2) is 36.9 Å². The number of carbonyl (C=O) groups excluding carboxylic acids is 2. The molecule has 0 fully saturated rings. The Morgan fingerprint density at radius 1 is 1.08 bits per heavy atom. The first kappa shape index (κ1) is 19.7. The zero-order chi connectivity index (χ0) is 18.3. The van der Waals surface area contributed by atoms with E-state index in [1.54, 1.807) is 30.3 Å². The highest BCUT2D eigenvalue weighted by Gasteiger charge is 2.30. The monoisotopic (exact) mass is 353 g/mol. The average Bonchev–Trinajstić information content (AvgIpc) is 2.53. The summed E-state index contributed by atoms with van der Waals surface area (Å²) in [6.45, 7) is 8.29. The van der Waals surface area contributed by atoms with Gasteiger partial charge >= 0.3 is 6.03 Å². The molecule has 0 aliphatic heterocycles. The van der Waals surface area contributed by atoms with Gasteiger partial charge in [-0.15, -0.1) is 6.58 Å². The molecule has 1 aromatic carbocycles. The van der Waals surface area contributed by atoms with Crippen molar-refractivity contribution < 1.29 is 18.0 Å². The van der Waals surface area contributed by atoms with Crippen LogP contribution in [0.2, 0.25) is 0 Å². The summed E-state index contributed by atoms with van der Waals surface area (Å²) >= 11 is 0. The lowest BCUT2D eigenvalue weighted by molar-refractivity contribution is -0.115. The number of rotatable bonds is 7. The van der Waals surface area contributed by atoms with Crippen LogP contribution in [0, 0.1) is 0 Å². The number of urea groups is 1. The van der Waals surface area contributed by atoms with Crippen LogP contribution in [0.1, 0.15) is 20.8 Å². The third-order valence-electron chi connectivity index (χ3n) is 3.34. The third-order valence-corrected chi connectivity index (χ3v) is 5.85. The molecule has 1 atom stereocenters. The number of benzene rings is 1. The van der Waals surface area contributed by atoms with Crippen LogP contribution in [0.5, 0.6) is 0 Å². The molecule has 1 aromatic rings. The van der Waals surface area contributed by atoms with Crippen molar-refractivity contribution in [1.29, 1.82) is 0 Å². The molecule has 1 unspecified atom stereocenters. The second kappa shape index (κ2) is 8.49. The van der Waals surface area contributed by atoms with Gasteiger partial charge in [-0.05, 0) is 45.0 Å². The Bertz CT molecular complexity index is 697. The summed E-state index contributed by atoms with van der Waals surface area (Å²) in [7, 11) is -3.51. The summed E-state index contributed by atoms with van der Waals surface area (Å²) in [6.07, 6.45) is 1.56. The van der Waals surface area contributed by atoms with E-state index in [-0.39, 0.29) is 6.03 Å². The Balaban J connectivity index is 2.69. The minimum Gasteiger partial charge on any atom is -0.334 e. The molecule has 0 aliphatic rings. The molecule has 0 saturated carbocycles. The molecule has 24 heavy (non-hydrogen) atoms. The minimum absolute atomic E-state index is 0.349. The van der Waals surface area contributed by atoms with Gasteiger partial charge in [0.25, 0.3) is 0 Å². The molecule has 0 aromatic heterocycles. The first-order chi connectivity index (χ1) is 11.2. The van der Waals surface area contributed by atoms with E-state index in [9.17, 15) is 18.0 Å². The van der Waals surface area contributed by atoms with E-state index in [2.05, 4.69) is 22.5 Å². The van der Waals surface area contributed by atoms with E-state index in [1.807, 2.05) is 0 Å². The summed E-state index contributed by atoms with van der Waals surface area (Å²) < 4.78 is 24.0. The predicted octanol–water partition coefficient (Wildman–Crippen LogP) is 2.14. The number of hydrogen-bond donors (Lipinski definition) is 3. The highest BCUT2D eigenvalue weighted by Crippen LogP contribution is 2.16. The molecule has 132 valence electrons. The van der Waals surface area contributed by atoms with Crippen molar-refractivity contribution in [2.45, 2.75) is 31.3 Å². The van der Waals surface area contributed by atoms with Gasteiger partial charge in [0.15, 0.2) is 9.84 Å². The first-order valence-electron chi connectivity index (χ1n) is 7.48. The van der Waals surface area contributed by atoms with Gasteiger partial charge in [0.2, 0.25) is 5.91 Å². The van der Waals surface area contributed by atoms with Crippen molar-refractivity contribution in [1.82, 2.24) is 5.32 Å². The van der Waals surface area contributed by atoms with Gasteiger partial charge in [0, 0.05) is 17.9 Å². The largest absolute Gasteiger partial charge is 0.334 e. The van der Waals surface area contributed by atoms with Crippen molar-refractivity contribution in [3.63, 3.8) is 0 Å². The van der Waals surface area contributed by atoms with Crippen LogP contribution in [-0.4, -0.2) is 37.4 Å². The summed E-state index contributed by atoms with van der Waals surface area (Å²) in [5.41, 5.74) is 0.986. The predicted molar refractivity (Wildman–Crippen MR) is 95.8 cm³/mol. The number of anilines is 2.